The molecule has 61 heavy (non-hydrogen) atoms. The van der Waals surface area contributed by atoms with E-state index in [4.69, 9.17) is 0 Å². The second-order valence-electron chi connectivity index (χ2n) is 16.0. The molecular weight excluding hydrogens is 877 g/mol. The molecule has 8 bridgehead atoms. The number of rotatable bonds is 7. The number of allylic oxidation sites excluding steroid dienone is 4. The maximum absolute atomic E-state index is 14.2. The number of sulfonamides is 1. The van der Waals surface area contributed by atoms with Crippen LogP contribution in [0.15, 0.2) is 133 Å². The van der Waals surface area contributed by atoms with Crippen LogP contribution in [0.5, 0.6) is 0 Å². The smallest absolute Gasteiger partial charge is 0.294 e. The van der Waals surface area contributed by atoms with Crippen LogP contribution in [0.1, 0.15) is 25.7 Å². The van der Waals surface area contributed by atoms with Crippen LogP contribution in [0.2, 0.25) is 0 Å². The van der Waals surface area contributed by atoms with Gasteiger partial charge in [0, 0.05) is 59.9 Å². The number of hydrogen-bond donors (Lipinski definition) is 8. The summed E-state index contributed by atoms with van der Waals surface area (Å²) in [6.45, 7) is 0. The molecule has 0 heterocycles. The second kappa shape index (κ2) is 16.1. The molecule has 0 spiro atoms. The fraction of sp³-hybridized carbons (Fsp3) is 0.350. The first kappa shape index (κ1) is 44.8. The number of anilines is 1. The van der Waals surface area contributed by atoms with Gasteiger partial charge in [0.25, 0.3) is 40.4 Å². The minimum absolute atomic E-state index is 0.0471. The molecule has 8 unspecified atom stereocenters. The summed E-state index contributed by atoms with van der Waals surface area (Å²) in [6.07, 6.45) is 0.605. The molecule has 0 aliphatic heterocycles. The summed E-state index contributed by atoms with van der Waals surface area (Å²) in [7, 11) is -15.7. The molecule has 0 amide bonds. The number of nitrogens with zero attached hydrogens (tertiary/aromatic N) is 1. The minimum Gasteiger partial charge on any atom is -0.388 e. The third kappa shape index (κ3) is 9.14. The van der Waals surface area contributed by atoms with Gasteiger partial charge in [0.1, 0.15) is 0 Å². The molecule has 17 nitrogen and oxygen atoms in total. The molecular formula is C40H44N2O15S4. The second-order valence-corrected chi connectivity index (χ2v) is 21.9. The topological polar surface area (TPSA) is 293 Å². The average molecular weight is 921 g/mol. The quantitative estimate of drug-likeness (QED) is 0.185. The monoisotopic (exact) mass is 920 g/mol. The molecule has 328 valence electrons. The van der Waals surface area contributed by atoms with Crippen molar-refractivity contribution < 1.29 is 67.8 Å². The number of fused-ring (bicyclic) bond motifs is 9. The van der Waals surface area contributed by atoms with Gasteiger partial charge in [-0.3, -0.25) is 18.4 Å². The average Bonchev–Trinajstić information content (AvgIpc) is 3.15. The summed E-state index contributed by atoms with van der Waals surface area (Å²) >= 11 is 0. The van der Waals surface area contributed by atoms with Crippen molar-refractivity contribution in [3.63, 3.8) is 0 Å². The van der Waals surface area contributed by atoms with E-state index in [2.05, 4.69) is 4.72 Å². The van der Waals surface area contributed by atoms with Crippen molar-refractivity contribution in [2.75, 3.05) is 19.0 Å². The highest BCUT2D eigenvalue weighted by molar-refractivity contribution is 7.90. The van der Waals surface area contributed by atoms with Gasteiger partial charge in [0.05, 0.1) is 44.0 Å². The van der Waals surface area contributed by atoms with Crippen molar-refractivity contribution >= 4 is 56.8 Å². The molecule has 8 atom stereocenters. The molecule has 21 heteroatoms. The zero-order valence-electron chi connectivity index (χ0n) is 32.5. The largest absolute Gasteiger partial charge is 0.388 e. The number of nitrogens with one attached hydrogen (secondary N) is 1. The highest BCUT2D eigenvalue weighted by Crippen LogP contribution is 2.43. The Hall–Kier alpha value is -4.26. The van der Waals surface area contributed by atoms with Crippen molar-refractivity contribution in [3.8, 4) is 0 Å². The van der Waals surface area contributed by atoms with E-state index in [1.165, 1.54) is 18.2 Å². The number of aliphatic hydroxyl groups is 4. The van der Waals surface area contributed by atoms with E-state index in [0.717, 1.165) is 42.1 Å². The van der Waals surface area contributed by atoms with Crippen LogP contribution < -0.4 is 9.62 Å². The van der Waals surface area contributed by atoms with Crippen molar-refractivity contribution in [1.82, 2.24) is 4.72 Å². The predicted molar refractivity (Wildman–Crippen MR) is 224 cm³/mol. The molecule has 8 N–H and O–H groups in total. The third-order valence-corrected chi connectivity index (χ3v) is 15.6. The van der Waals surface area contributed by atoms with Crippen LogP contribution in [0.25, 0.3) is 10.8 Å². The van der Waals surface area contributed by atoms with Crippen LogP contribution in [-0.2, 0) is 40.4 Å². The maximum atomic E-state index is 14.2. The summed E-state index contributed by atoms with van der Waals surface area (Å²) in [5.74, 6) is -4.97. The lowest BCUT2D eigenvalue weighted by atomic mass is 9.73. The lowest BCUT2D eigenvalue weighted by Gasteiger charge is -2.37. The van der Waals surface area contributed by atoms with Gasteiger partial charge in [0.2, 0.25) is 0 Å². The van der Waals surface area contributed by atoms with Gasteiger partial charge < -0.3 is 25.3 Å². The number of benzene rings is 2. The first-order valence-electron chi connectivity index (χ1n) is 18.9. The molecule has 1 saturated carbocycles. The first-order chi connectivity index (χ1) is 28.3. The summed E-state index contributed by atoms with van der Waals surface area (Å²) in [4.78, 5) is -0.267. The van der Waals surface area contributed by atoms with Gasteiger partial charge in [-0.1, -0.05) is 48.6 Å². The molecule has 2 aromatic carbocycles. The molecule has 0 aromatic heterocycles. The minimum atomic E-state index is -4.96. The summed E-state index contributed by atoms with van der Waals surface area (Å²) in [5, 5.41) is 48.1. The molecule has 0 radical (unpaired) electrons. The summed E-state index contributed by atoms with van der Waals surface area (Å²) in [6, 6.07) is 9.91. The maximum Gasteiger partial charge on any atom is 0.294 e. The Labute approximate surface area is 353 Å². The van der Waals surface area contributed by atoms with Crippen molar-refractivity contribution in [2.24, 2.45) is 23.7 Å². The fourth-order valence-corrected chi connectivity index (χ4v) is 12.0. The van der Waals surface area contributed by atoms with Crippen LogP contribution in [-0.4, -0.2) is 106 Å². The molecule has 0 saturated heterocycles. The normalized spacial score (nSPS) is 28.8. The lowest BCUT2D eigenvalue weighted by Crippen LogP contribution is -2.37. The van der Waals surface area contributed by atoms with E-state index in [9.17, 15) is 67.8 Å². The zero-order chi connectivity index (χ0) is 44.6. The molecule has 5 aliphatic carbocycles. The first-order valence-corrected chi connectivity index (χ1v) is 24.7. The Bertz CT molecular complexity index is 2880. The lowest BCUT2D eigenvalue weighted by molar-refractivity contribution is 0.110. The van der Waals surface area contributed by atoms with Gasteiger partial charge in [-0.15, -0.1) is 0 Å². The Morgan fingerprint density at radius 3 is 1.26 bits per heavy atom. The molecule has 7 rings (SSSR count). The SMILES string of the molecule is CN(C)c1cccc2c(S(=O)(=O)NC3=CC4CC5=CC(S(=O)(=O)O)=CC(CC6=CC(S(=O)(=O)O)=CC(CC7=CC(S(=O)(=O)O)=CC(CC(=C3)C4O)C7O)C6O)C5O)cccc12. The van der Waals surface area contributed by atoms with E-state index < -0.39 is 116 Å². The summed E-state index contributed by atoms with van der Waals surface area (Å²) < 4.78 is 137. The van der Waals surface area contributed by atoms with E-state index in [1.807, 2.05) is 11.0 Å². The predicted octanol–water partition coefficient (Wildman–Crippen LogP) is 2.63. The van der Waals surface area contributed by atoms with E-state index in [0.29, 0.717) is 10.8 Å². The van der Waals surface area contributed by atoms with Crippen molar-refractivity contribution in [2.45, 2.75) is 55.0 Å². The van der Waals surface area contributed by atoms with Gasteiger partial charge in [-0.05, 0) is 84.4 Å². The molecule has 5 aliphatic rings. The highest BCUT2D eigenvalue weighted by atomic mass is 32.2. The van der Waals surface area contributed by atoms with E-state index in [-0.39, 0.29) is 45.7 Å². The van der Waals surface area contributed by atoms with Crippen LogP contribution in [0, 0.1) is 23.7 Å². The van der Waals surface area contributed by atoms with Crippen LogP contribution >= 0.6 is 0 Å². The van der Waals surface area contributed by atoms with Crippen LogP contribution in [0.3, 0.4) is 0 Å². The Morgan fingerprint density at radius 2 is 0.869 bits per heavy atom. The standard InChI is InChI=1S/C40H44N2O15S4/c1-42(2)35-7-3-6-34-33(35)5-4-8-36(34)58(47,48)41-29-13-21-9-23-15-30(59(49,50)51)17-25(38(23)44)11-27-19-32(61(55,56)57)20-28(40(27)46)12-26-18-31(60(52,53)54)16-24(39(26)45)10-22(14-29)37(21)43/h3-8,13-21,24-25,28,37-41,43-46H,9-12H2,1-2H3,(H,49,50,51)(H,52,53,54)(H,55,56,57). The number of hydrogen-bond acceptors (Lipinski definition) is 13. The molecule has 1 fully saturated rings. The van der Waals surface area contributed by atoms with Crippen molar-refractivity contribution in [3.05, 3.63) is 128 Å². The van der Waals surface area contributed by atoms with E-state index >= 15 is 0 Å². The van der Waals surface area contributed by atoms with E-state index in [1.54, 1.807) is 38.4 Å². The molecule has 2 aromatic rings. The Morgan fingerprint density at radius 1 is 0.508 bits per heavy atom. The van der Waals surface area contributed by atoms with Gasteiger partial charge in [0.15, 0.2) is 0 Å². The Kier molecular flexibility index (Phi) is 11.8. The van der Waals surface area contributed by atoms with Crippen molar-refractivity contribution in [1.29, 1.82) is 0 Å². The van der Waals surface area contributed by atoms with Gasteiger partial charge >= 0.3 is 0 Å². The summed E-state index contributed by atoms with van der Waals surface area (Å²) in [5.41, 5.74) is 0.421. The third-order valence-electron chi connectivity index (χ3n) is 11.7. The number of aliphatic hydroxyl groups excluding tert-OH is 4. The fourth-order valence-electron chi connectivity index (χ4n) is 8.74. The highest BCUT2D eigenvalue weighted by Gasteiger charge is 2.40. The van der Waals surface area contributed by atoms with Gasteiger partial charge in [-0.25, -0.2) is 8.42 Å². The van der Waals surface area contributed by atoms with Crippen LogP contribution in [0.4, 0.5) is 5.69 Å². The zero-order valence-corrected chi connectivity index (χ0v) is 35.8. The van der Waals surface area contributed by atoms with Gasteiger partial charge in [-0.2, -0.15) is 25.3 Å². The Balaban J connectivity index is 1.38.